The molecule has 4 rings (SSSR count). The minimum Gasteiger partial charge on any atom is -0.492 e. The fraction of sp³-hybridized carbons (Fsp3) is 0.387. The highest BCUT2D eigenvalue weighted by Gasteiger charge is 2.23. The zero-order valence-electron chi connectivity index (χ0n) is 24.0. The van der Waals surface area contributed by atoms with E-state index in [-0.39, 0.29) is 30.5 Å². The minimum absolute atomic E-state index is 0. The van der Waals surface area contributed by atoms with Crippen molar-refractivity contribution in [2.75, 3.05) is 27.2 Å². The Labute approximate surface area is 257 Å². The van der Waals surface area contributed by atoms with Gasteiger partial charge in [-0.05, 0) is 88.5 Å². The predicted molar refractivity (Wildman–Crippen MR) is 167 cm³/mol. The topological polar surface area (TPSA) is 132 Å². The number of aromatic nitrogens is 1. The van der Waals surface area contributed by atoms with Gasteiger partial charge in [-0.25, -0.2) is 9.78 Å². The highest BCUT2D eigenvalue weighted by Crippen LogP contribution is 2.36. The van der Waals surface area contributed by atoms with Gasteiger partial charge in [-0.2, -0.15) is 0 Å². The van der Waals surface area contributed by atoms with E-state index in [4.69, 9.17) is 36.3 Å². The number of nitrogens with one attached hydrogen (secondary N) is 1. The average Bonchev–Trinajstić information content (AvgIpc) is 2.93. The van der Waals surface area contributed by atoms with Crippen LogP contribution >= 0.6 is 24.0 Å². The Morgan fingerprint density at radius 1 is 1.02 bits per heavy atom. The van der Waals surface area contributed by atoms with Crippen LogP contribution in [0, 0.1) is 6.92 Å². The van der Waals surface area contributed by atoms with Crippen molar-refractivity contribution in [3.05, 3.63) is 70.9 Å². The first-order valence-corrected chi connectivity index (χ1v) is 14.0. The van der Waals surface area contributed by atoms with Crippen molar-refractivity contribution in [2.24, 2.45) is 0 Å². The second-order valence-electron chi connectivity index (χ2n) is 10.3. The lowest BCUT2D eigenvalue weighted by atomic mass is 9.93. The van der Waals surface area contributed by atoms with Crippen molar-refractivity contribution in [3.63, 3.8) is 0 Å². The van der Waals surface area contributed by atoms with Crippen LogP contribution < -0.4 is 10.1 Å². The second kappa shape index (κ2) is 16.9. The lowest BCUT2D eigenvalue weighted by Crippen LogP contribution is -2.38. The third-order valence-corrected chi connectivity index (χ3v) is 7.12. The Morgan fingerprint density at radius 3 is 2.33 bits per heavy atom. The van der Waals surface area contributed by atoms with Gasteiger partial charge in [-0.3, -0.25) is 4.79 Å². The number of aliphatic hydroxyl groups is 1. The molecule has 2 aromatic carbocycles. The summed E-state index contributed by atoms with van der Waals surface area (Å²) >= 11 is 6.47. The Balaban J connectivity index is 0.00000116. The number of carbonyl (C=O) groups is 2. The average molecular weight is 621 g/mol. The van der Waals surface area contributed by atoms with Crippen LogP contribution in [0.4, 0.5) is 4.79 Å². The van der Waals surface area contributed by atoms with Crippen LogP contribution in [0.15, 0.2) is 54.6 Å². The summed E-state index contributed by atoms with van der Waals surface area (Å²) in [6, 6.07) is 17.6. The molecule has 4 N–H and O–H groups in total. The normalized spacial score (nSPS) is 16.0. The van der Waals surface area contributed by atoms with E-state index in [1.54, 1.807) is 6.07 Å². The van der Waals surface area contributed by atoms with Gasteiger partial charge in [-0.1, -0.05) is 41.9 Å². The molecular weight excluding hydrogens is 581 g/mol. The number of carbonyl (C=O) groups excluding carboxylic acids is 1. The molecule has 0 bridgehead atoms. The van der Waals surface area contributed by atoms with Crippen LogP contribution in [-0.4, -0.2) is 76.7 Å². The Kier molecular flexibility index (Phi) is 14.0. The van der Waals surface area contributed by atoms with E-state index in [0.717, 1.165) is 48.1 Å². The van der Waals surface area contributed by atoms with Crippen LogP contribution in [0.3, 0.4) is 0 Å². The molecular formula is C31H39Cl2N3O6. The van der Waals surface area contributed by atoms with E-state index in [9.17, 15) is 9.90 Å². The van der Waals surface area contributed by atoms with E-state index < -0.39 is 6.16 Å². The van der Waals surface area contributed by atoms with Gasteiger partial charge in [0.2, 0.25) is 0 Å². The van der Waals surface area contributed by atoms with E-state index >= 15 is 0 Å². The lowest BCUT2D eigenvalue weighted by Gasteiger charge is -2.26. The fourth-order valence-electron chi connectivity index (χ4n) is 4.70. The molecule has 9 nitrogen and oxygen atoms in total. The molecule has 0 aliphatic heterocycles. The molecule has 1 aliphatic carbocycles. The molecule has 0 saturated heterocycles. The SMILES string of the molecule is Cc1ccccc1-c1ccc(C(=O)NC2CCC(O)CC2)nc1-c1ccc(Cl)c(OCCCN(C)C)c1.Cl.O=C(O)O. The molecule has 3 aromatic rings. The maximum atomic E-state index is 13.2. The second-order valence-corrected chi connectivity index (χ2v) is 10.7. The monoisotopic (exact) mass is 619 g/mol. The number of carboxylic acid groups (broad SMARTS) is 2. The molecule has 0 radical (unpaired) electrons. The molecule has 1 saturated carbocycles. The zero-order chi connectivity index (χ0) is 29.9. The van der Waals surface area contributed by atoms with Gasteiger partial charge in [0.1, 0.15) is 11.4 Å². The number of rotatable bonds is 9. The molecule has 0 atom stereocenters. The van der Waals surface area contributed by atoms with Crippen LogP contribution in [0.1, 0.15) is 48.2 Å². The highest BCUT2D eigenvalue weighted by molar-refractivity contribution is 6.32. The maximum Gasteiger partial charge on any atom is 0.503 e. The van der Waals surface area contributed by atoms with Crippen LogP contribution in [0.5, 0.6) is 5.75 Å². The largest absolute Gasteiger partial charge is 0.503 e. The predicted octanol–water partition coefficient (Wildman–Crippen LogP) is 6.39. The van der Waals surface area contributed by atoms with Crippen LogP contribution in [-0.2, 0) is 0 Å². The summed E-state index contributed by atoms with van der Waals surface area (Å²) in [7, 11) is 4.07. The zero-order valence-corrected chi connectivity index (χ0v) is 25.6. The molecule has 0 unspecified atom stereocenters. The summed E-state index contributed by atoms with van der Waals surface area (Å²) in [4.78, 5) is 28.7. The maximum absolute atomic E-state index is 13.2. The number of aryl methyl sites for hydroxylation is 1. The Morgan fingerprint density at radius 2 is 1.69 bits per heavy atom. The number of hydrogen-bond acceptors (Lipinski definition) is 6. The van der Waals surface area contributed by atoms with E-state index in [1.807, 2.05) is 50.5 Å². The van der Waals surface area contributed by atoms with Gasteiger partial charge in [0.15, 0.2) is 0 Å². The fourth-order valence-corrected chi connectivity index (χ4v) is 4.87. The molecule has 0 spiro atoms. The van der Waals surface area contributed by atoms with Gasteiger partial charge in [0.05, 0.1) is 23.4 Å². The lowest BCUT2D eigenvalue weighted by molar-refractivity contribution is 0.0863. The number of nitrogens with zero attached hydrogens (tertiary/aromatic N) is 2. The first kappa shape index (κ1) is 34.8. The summed E-state index contributed by atoms with van der Waals surface area (Å²) in [5.74, 6) is 0.402. The van der Waals surface area contributed by atoms with E-state index in [2.05, 4.69) is 29.3 Å². The number of hydrogen-bond donors (Lipinski definition) is 4. The Bertz CT molecular complexity index is 1330. The number of amides is 1. The van der Waals surface area contributed by atoms with Crippen LogP contribution in [0.25, 0.3) is 22.4 Å². The van der Waals surface area contributed by atoms with Crippen molar-refractivity contribution >= 4 is 36.1 Å². The number of ether oxygens (including phenoxy) is 1. The molecule has 1 fully saturated rings. The van der Waals surface area contributed by atoms with Gasteiger partial charge in [-0.15, -0.1) is 12.4 Å². The summed E-state index contributed by atoms with van der Waals surface area (Å²) in [5.41, 5.74) is 5.02. The molecule has 1 amide bonds. The summed E-state index contributed by atoms with van der Waals surface area (Å²) in [5, 5.41) is 27.4. The minimum atomic E-state index is -1.83. The standard InChI is InChI=1S/C30H36ClN3O3.CH2O3.ClH/c1-20-7-4-5-8-24(20)25-14-16-27(30(36)32-22-10-12-23(35)13-11-22)33-29(25)21-9-15-26(31)28(19-21)37-18-6-17-34(2)3;2-1(3)4;/h4-5,7-9,14-16,19,22-23,35H,6,10-13,17-18H2,1-3H3,(H,32,36);(H2,2,3,4);1H. The smallest absolute Gasteiger partial charge is 0.492 e. The third kappa shape index (κ3) is 10.5. The number of aliphatic hydroxyl groups excluding tert-OH is 1. The summed E-state index contributed by atoms with van der Waals surface area (Å²) in [6.07, 6.45) is 1.74. The van der Waals surface area contributed by atoms with Crippen molar-refractivity contribution in [2.45, 2.75) is 51.2 Å². The number of benzene rings is 2. The first-order valence-electron chi connectivity index (χ1n) is 13.6. The highest BCUT2D eigenvalue weighted by atomic mass is 35.5. The number of halogens is 2. The quantitative estimate of drug-likeness (QED) is 0.203. The van der Waals surface area contributed by atoms with E-state index in [0.29, 0.717) is 41.6 Å². The number of pyridine rings is 1. The molecule has 42 heavy (non-hydrogen) atoms. The summed E-state index contributed by atoms with van der Waals surface area (Å²) in [6.45, 7) is 3.55. The molecule has 1 heterocycles. The van der Waals surface area contributed by atoms with Gasteiger partial charge >= 0.3 is 6.16 Å². The van der Waals surface area contributed by atoms with Crippen molar-refractivity contribution in [3.8, 4) is 28.1 Å². The van der Waals surface area contributed by atoms with Gasteiger partial charge in [0, 0.05) is 23.7 Å². The van der Waals surface area contributed by atoms with Crippen molar-refractivity contribution in [1.82, 2.24) is 15.2 Å². The van der Waals surface area contributed by atoms with E-state index in [1.165, 1.54) is 0 Å². The molecule has 11 heteroatoms. The molecule has 1 aliphatic rings. The summed E-state index contributed by atoms with van der Waals surface area (Å²) < 4.78 is 6.02. The van der Waals surface area contributed by atoms with Gasteiger partial charge < -0.3 is 30.3 Å². The van der Waals surface area contributed by atoms with Crippen molar-refractivity contribution in [1.29, 1.82) is 0 Å². The van der Waals surface area contributed by atoms with Crippen LogP contribution in [0.2, 0.25) is 5.02 Å². The first-order chi connectivity index (χ1) is 19.5. The molecule has 1 aromatic heterocycles. The van der Waals surface area contributed by atoms with Gasteiger partial charge in [0.25, 0.3) is 5.91 Å². The van der Waals surface area contributed by atoms with Crippen molar-refractivity contribution < 1.29 is 29.6 Å². The Hall–Kier alpha value is -3.37. The third-order valence-electron chi connectivity index (χ3n) is 6.81. The molecule has 228 valence electrons.